The van der Waals surface area contributed by atoms with Gasteiger partial charge in [0.1, 0.15) is 24.3 Å². The van der Waals surface area contributed by atoms with E-state index in [2.05, 4.69) is 83.7 Å². The number of rotatable bonds is 14. The average Bonchev–Trinajstić information content (AvgIpc) is 3.81. The first-order valence-electron chi connectivity index (χ1n) is 22.0. The van der Waals surface area contributed by atoms with Gasteiger partial charge in [0.2, 0.25) is 11.8 Å². The molecular weight excluding hydrogens is 773 g/mol. The monoisotopic (exact) mass is 832 g/mol. The first-order valence-corrected chi connectivity index (χ1v) is 22.0. The van der Waals surface area contributed by atoms with Crippen LogP contribution < -0.4 is 31.9 Å². The smallest absolute Gasteiger partial charge is 0.229 e. The Bertz CT molecular complexity index is 2140. The van der Waals surface area contributed by atoms with E-state index in [0.29, 0.717) is 72.4 Å². The van der Waals surface area contributed by atoms with Crippen molar-refractivity contribution in [3.8, 4) is 22.8 Å². The van der Waals surface area contributed by atoms with Gasteiger partial charge < -0.3 is 41.4 Å². The van der Waals surface area contributed by atoms with Crippen LogP contribution in [0, 0.1) is 23.7 Å². The third kappa shape index (κ3) is 11.6. The van der Waals surface area contributed by atoms with E-state index in [0.717, 1.165) is 94.8 Å². The molecule has 16 nitrogen and oxygen atoms in total. The first-order chi connectivity index (χ1) is 29.5. The van der Waals surface area contributed by atoms with Crippen LogP contribution in [0.5, 0.6) is 0 Å². The maximum absolute atomic E-state index is 12.9. The summed E-state index contributed by atoms with van der Waals surface area (Å²) in [5.41, 5.74) is 4.90. The molecule has 6 N–H and O–H groups in total. The normalized spacial score (nSPS) is 25.0. The van der Waals surface area contributed by atoms with Crippen LogP contribution in [0.25, 0.3) is 22.8 Å². The van der Waals surface area contributed by atoms with Gasteiger partial charge >= 0.3 is 0 Å². The van der Waals surface area contributed by atoms with E-state index < -0.39 is 5.60 Å². The van der Waals surface area contributed by atoms with Crippen molar-refractivity contribution in [1.29, 1.82) is 0 Å². The molecule has 0 spiro atoms. The summed E-state index contributed by atoms with van der Waals surface area (Å²) in [5.74, 6) is 1.55. The average molecular weight is 833 g/mol. The van der Waals surface area contributed by atoms with E-state index in [1.165, 1.54) is 12.7 Å². The SMILES string of the molecule is CC1(C)CC(CNc2cc(CC3(C)CC(CNc4ccnc(-c5cc(NC(=O)C6CCCNC6)ncn5)c4)CCO3)nc(-c3cc(NC(=O)C4CCNC4)ncn3)c2)CCO1. The molecule has 8 heterocycles. The van der Waals surface area contributed by atoms with Gasteiger partial charge in [-0.15, -0.1) is 0 Å². The molecule has 2 amide bonds. The van der Waals surface area contributed by atoms with Gasteiger partial charge in [-0.1, -0.05) is 0 Å². The van der Waals surface area contributed by atoms with E-state index in [-0.39, 0.29) is 29.3 Å². The molecule has 0 aromatic carbocycles. The Balaban J connectivity index is 0.936. The maximum atomic E-state index is 12.9. The van der Waals surface area contributed by atoms with Gasteiger partial charge in [-0.05, 0) is 115 Å². The Labute approximate surface area is 358 Å². The van der Waals surface area contributed by atoms with Gasteiger partial charge in [-0.25, -0.2) is 19.9 Å². The lowest BCUT2D eigenvalue weighted by molar-refractivity contribution is -0.120. The number of carbonyl (C=O) groups excluding carboxylic acids is 2. The van der Waals surface area contributed by atoms with Crippen LogP contribution in [0.15, 0.2) is 55.2 Å². The van der Waals surface area contributed by atoms with Crippen molar-refractivity contribution >= 4 is 34.8 Å². The second-order valence-corrected chi connectivity index (χ2v) is 18.0. The number of hydrogen-bond acceptors (Lipinski definition) is 14. The fourth-order valence-corrected chi connectivity index (χ4v) is 9.12. The molecular formula is C45H60N12O4. The summed E-state index contributed by atoms with van der Waals surface area (Å²) in [7, 11) is 0. The number of carbonyl (C=O) groups is 2. The summed E-state index contributed by atoms with van der Waals surface area (Å²) in [6, 6.07) is 11.7. The van der Waals surface area contributed by atoms with E-state index in [1.807, 2.05) is 18.2 Å². The summed E-state index contributed by atoms with van der Waals surface area (Å²) in [5, 5.41) is 19.9. The Hall–Kier alpha value is -5.16. The number of hydrogen-bond donors (Lipinski definition) is 6. The van der Waals surface area contributed by atoms with E-state index in [4.69, 9.17) is 14.5 Å². The molecule has 5 atom stereocenters. The number of pyridine rings is 2. The van der Waals surface area contributed by atoms with Crippen molar-refractivity contribution in [1.82, 2.24) is 40.5 Å². The number of aromatic nitrogens is 6. The number of ether oxygens (including phenoxy) is 2. The van der Waals surface area contributed by atoms with Crippen LogP contribution in [0.1, 0.15) is 71.4 Å². The Morgan fingerprint density at radius 3 is 1.98 bits per heavy atom. The van der Waals surface area contributed by atoms with E-state index >= 15 is 0 Å². The second kappa shape index (κ2) is 19.3. The van der Waals surface area contributed by atoms with Gasteiger partial charge in [-0.2, -0.15) is 0 Å². The predicted octanol–water partition coefficient (Wildman–Crippen LogP) is 5.33. The van der Waals surface area contributed by atoms with Crippen LogP contribution in [0.2, 0.25) is 0 Å². The van der Waals surface area contributed by atoms with Crippen molar-refractivity contribution in [3.05, 3.63) is 60.9 Å². The fourth-order valence-electron chi connectivity index (χ4n) is 9.12. The highest BCUT2D eigenvalue weighted by molar-refractivity contribution is 5.93. The molecule has 4 aromatic heterocycles. The first kappa shape index (κ1) is 42.5. The molecule has 4 aliphatic rings. The van der Waals surface area contributed by atoms with Crippen molar-refractivity contribution < 1.29 is 19.1 Å². The lowest BCUT2D eigenvalue weighted by atomic mass is 9.83. The second-order valence-electron chi connectivity index (χ2n) is 18.0. The highest BCUT2D eigenvalue weighted by atomic mass is 16.5. The molecule has 5 unspecified atom stereocenters. The molecule has 4 aliphatic heterocycles. The van der Waals surface area contributed by atoms with Crippen molar-refractivity contribution in [2.24, 2.45) is 23.7 Å². The molecule has 0 radical (unpaired) electrons. The highest BCUT2D eigenvalue weighted by Crippen LogP contribution is 2.35. The Kier molecular flexibility index (Phi) is 13.4. The quantitative estimate of drug-likeness (QED) is 0.0952. The van der Waals surface area contributed by atoms with Gasteiger partial charge in [0.05, 0.1) is 45.8 Å². The zero-order valence-electron chi connectivity index (χ0n) is 35.6. The third-order valence-corrected chi connectivity index (χ3v) is 12.3. The zero-order valence-corrected chi connectivity index (χ0v) is 35.6. The van der Waals surface area contributed by atoms with Crippen molar-refractivity contribution in [3.63, 3.8) is 0 Å². The summed E-state index contributed by atoms with van der Waals surface area (Å²) < 4.78 is 12.5. The number of amides is 2. The summed E-state index contributed by atoms with van der Waals surface area (Å²) in [6.45, 7) is 12.6. The molecule has 4 aromatic rings. The molecule has 4 fully saturated rings. The van der Waals surface area contributed by atoms with Crippen LogP contribution in [0.4, 0.5) is 23.0 Å². The van der Waals surface area contributed by atoms with E-state index in [9.17, 15) is 9.59 Å². The summed E-state index contributed by atoms with van der Waals surface area (Å²) >= 11 is 0. The molecule has 0 saturated carbocycles. The van der Waals surface area contributed by atoms with Crippen molar-refractivity contribution in [2.45, 2.75) is 83.3 Å². The minimum atomic E-state index is -0.447. The van der Waals surface area contributed by atoms with Crippen LogP contribution in [-0.4, -0.2) is 105 Å². The molecule has 8 rings (SSSR count). The van der Waals surface area contributed by atoms with Gasteiger partial charge in [-0.3, -0.25) is 19.6 Å². The van der Waals surface area contributed by atoms with Crippen LogP contribution >= 0.6 is 0 Å². The Morgan fingerprint density at radius 2 is 1.31 bits per heavy atom. The number of nitrogens with zero attached hydrogens (tertiary/aromatic N) is 6. The van der Waals surface area contributed by atoms with Crippen LogP contribution in [0.3, 0.4) is 0 Å². The van der Waals surface area contributed by atoms with Crippen LogP contribution in [-0.2, 0) is 25.5 Å². The Morgan fingerprint density at radius 1 is 0.689 bits per heavy atom. The standard InChI is InChI=1S/C45H60N12O4/c1-44(2)20-29(8-13-60-44)23-50-34-15-35(55-39(17-34)38-19-41(54-28-52-38)57-43(59)32-6-11-47-26-32)22-45(3)21-30(9-14-61-45)24-49-33-7-12-48-36(16-33)37-18-40(53-27-51-37)56-42(58)31-5-4-10-46-25-31/h7,12,15-19,27-32,46-47H,4-6,8-11,13-14,20-26H2,1-3H3,(H,48,49)(H,50,55)(H,51,53,56,58)(H,52,54,57,59). The van der Waals surface area contributed by atoms with Gasteiger partial charge in [0.15, 0.2) is 0 Å². The lowest BCUT2D eigenvalue weighted by Crippen LogP contribution is -2.41. The van der Waals surface area contributed by atoms with Crippen molar-refractivity contribution in [2.75, 3.05) is 73.7 Å². The molecule has 4 saturated heterocycles. The largest absolute Gasteiger partial charge is 0.385 e. The zero-order chi connectivity index (χ0) is 42.2. The maximum Gasteiger partial charge on any atom is 0.229 e. The van der Waals surface area contributed by atoms with E-state index in [1.54, 1.807) is 18.3 Å². The number of nitrogens with one attached hydrogen (secondary N) is 6. The molecule has 324 valence electrons. The fraction of sp³-hybridized carbons (Fsp3) is 0.556. The summed E-state index contributed by atoms with van der Waals surface area (Å²) in [4.78, 5) is 53.2. The predicted molar refractivity (Wildman–Crippen MR) is 235 cm³/mol. The molecule has 0 aliphatic carbocycles. The highest BCUT2D eigenvalue weighted by Gasteiger charge is 2.35. The summed E-state index contributed by atoms with van der Waals surface area (Å²) in [6.07, 6.45) is 11.8. The molecule has 16 heteroatoms. The molecule has 61 heavy (non-hydrogen) atoms. The topological polar surface area (TPSA) is 202 Å². The minimum Gasteiger partial charge on any atom is -0.385 e. The van der Waals surface area contributed by atoms with Gasteiger partial charge in [0, 0.05) is 81.2 Å². The molecule has 0 bridgehead atoms. The number of piperidine rings is 1. The van der Waals surface area contributed by atoms with Gasteiger partial charge in [0.25, 0.3) is 0 Å². The number of anilines is 4. The lowest BCUT2D eigenvalue weighted by Gasteiger charge is -2.38. The minimum absolute atomic E-state index is 0.0297. The third-order valence-electron chi connectivity index (χ3n) is 12.3.